The number of hydrogen-bond donors (Lipinski definition) is 1. The van der Waals surface area contributed by atoms with Crippen molar-refractivity contribution in [3.63, 3.8) is 0 Å². The van der Waals surface area contributed by atoms with Crippen molar-refractivity contribution in [2.24, 2.45) is 5.92 Å². The van der Waals surface area contributed by atoms with Crippen LogP contribution in [0.5, 0.6) is 0 Å². The minimum Gasteiger partial charge on any atom is -0.415 e. The molecule has 1 N–H and O–H groups in total. The monoisotopic (exact) mass is 435 g/mol. The fourth-order valence-electron chi connectivity index (χ4n) is 3.89. The SMILES string of the molecule is CC(C)(C)[Si](C)(C)OCCN1C[C@@H]2C[C@@H]3CN(C(=O)N3OS(=O)(=O)O)[C@@H]2C1=O. The summed E-state index contributed by atoms with van der Waals surface area (Å²) in [4.78, 5) is 28.4. The van der Waals surface area contributed by atoms with Crippen LogP contribution in [-0.4, -0.2) is 86.4 Å². The van der Waals surface area contributed by atoms with Crippen LogP contribution in [0.2, 0.25) is 18.1 Å². The average Bonchev–Trinajstić information content (AvgIpc) is 2.96. The highest BCUT2D eigenvalue weighted by atomic mass is 32.3. The van der Waals surface area contributed by atoms with Gasteiger partial charge in [0.2, 0.25) is 5.91 Å². The molecule has 3 fully saturated rings. The van der Waals surface area contributed by atoms with Gasteiger partial charge in [0.05, 0.1) is 12.6 Å². The molecule has 12 heteroatoms. The Morgan fingerprint density at radius 2 is 1.86 bits per heavy atom. The van der Waals surface area contributed by atoms with Crippen molar-refractivity contribution in [1.82, 2.24) is 14.9 Å². The number of urea groups is 1. The van der Waals surface area contributed by atoms with Crippen LogP contribution in [0.1, 0.15) is 27.2 Å². The number of carbonyl (C=O) groups is 2. The van der Waals surface area contributed by atoms with Gasteiger partial charge in [0.1, 0.15) is 6.04 Å². The molecule has 0 aromatic heterocycles. The number of hydroxylamine groups is 2. The minimum absolute atomic E-state index is 0.0871. The first-order valence-corrected chi connectivity index (χ1v) is 13.7. The zero-order chi connectivity index (χ0) is 21.1. The summed E-state index contributed by atoms with van der Waals surface area (Å²) in [5.41, 5.74) is 0. The van der Waals surface area contributed by atoms with Crippen LogP contribution in [0.3, 0.4) is 0 Å². The average molecular weight is 436 g/mol. The third-order valence-electron chi connectivity index (χ3n) is 6.35. The smallest absolute Gasteiger partial charge is 0.415 e. The second-order valence-corrected chi connectivity index (χ2v) is 15.1. The predicted octanol–water partition coefficient (Wildman–Crippen LogP) is 1.08. The van der Waals surface area contributed by atoms with Crippen LogP contribution in [0, 0.1) is 5.92 Å². The van der Waals surface area contributed by atoms with Gasteiger partial charge >= 0.3 is 16.4 Å². The second-order valence-electron chi connectivity index (χ2n) is 9.25. The number of carbonyl (C=O) groups excluding carboxylic acids is 2. The topological polar surface area (TPSA) is 117 Å². The standard InChI is InChI=1S/C16H29N3O7SSi/c1-16(2,3)28(4,5)25-7-6-17-9-11-8-12-10-18(13(11)14(17)20)15(21)19(12)26-27(22,23)24/h11-13H,6-10H2,1-5H3,(H,22,23,24)/t11-,12+,13-/m0/s1. The van der Waals surface area contributed by atoms with Gasteiger partial charge in [-0.3, -0.25) is 9.35 Å². The third kappa shape index (κ3) is 3.92. The molecule has 3 aliphatic heterocycles. The van der Waals surface area contributed by atoms with E-state index in [-0.39, 0.29) is 23.4 Å². The Labute approximate surface area is 166 Å². The van der Waals surface area contributed by atoms with Gasteiger partial charge in [-0.15, -0.1) is 4.28 Å². The van der Waals surface area contributed by atoms with Gasteiger partial charge in [-0.25, -0.2) is 4.79 Å². The van der Waals surface area contributed by atoms with E-state index < -0.39 is 36.8 Å². The molecular formula is C16H29N3O7SSi. The van der Waals surface area contributed by atoms with Crippen LogP contribution in [-0.2, 0) is 23.9 Å². The molecule has 0 saturated carbocycles. The maximum Gasteiger partial charge on any atom is 0.418 e. The lowest BCUT2D eigenvalue weighted by molar-refractivity contribution is -0.132. The number of nitrogens with zero attached hydrogens (tertiary/aromatic N) is 3. The number of hydrogen-bond acceptors (Lipinski definition) is 6. The zero-order valence-corrected chi connectivity index (χ0v) is 18.7. The van der Waals surface area contributed by atoms with Crippen LogP contribution < -0.4 is 0 Å². The first-order valence-electron chi connectivity index (χ1n) is 9.41. The van der Waals surface area contributed by atoms with E-state index in [0.29, 0.717) is 31.2 Å². The predicted molar refractivity (Wildman–Crippen MR) is 102 cm³/mol. The van der Waals surface area contributed by atoms with Gasteiger partial charge in [-0.05, 0) is 24.6 Å². The molecule has 3 atom stereocenters. The Kier molecular flexibility index (Phi) is 5.33. The van der Waals surface area contributed by atoms with E-state index in [2.05, 4.69) is 38.1 Å². The molecule has 10 nitrogen and oxygen atoms in total. The largest absolute Gasteiger partial charge is 0.418 e. The molecule has 3 saturated heterocycles. The van der Waals surface area contributed by atoms with Crippen molar-refractivity contribution < 1.29 is 31.3 Å². The molecule has 3 heterocycles. The summed E-state index contributed by atoms with van der Waals surface area (Å²) in [6, 6.07) is -1.83. The number of piperidine rings is 1. The lowest BCUT2D eigenvalue weighted by atomic mass is 9.91. The summed E-state index contributed by atoms with van der Waals surface area (Å²) in [7, 11) is -6.69. The van der Waals surface area contributed by atoms with Crippen LogP contribution in [0.4, 0.5) is 4.79 Å². The molecule has 0 aliphatic carbocycles. The molecule has 160 valence electrons. The fourth-order valence-corrected chi connectivity index (χ4v) is 5.31. The molecule has 28 heavy (non-hydrogen) atoms. The van der Waals surface area contributed by atoms with Crippen molar-refractivity contribution in [2.75, 3.05) is 26.2 Å². The van der Waals surface area contributed by atoms with Crippen molar-refractivity contribution in [2.45, 2.75) is 57.4 Å². The van der Waals surface area contributed by atoms with Crippen LogP contribution in [0.25, 0.3) is 0 Å². The van der Waals surface area contributed by atoms with E-state index in [4.69, 9.17) is 8.98 Å². The molecule has 0 aromatic rings. The van der Waals surface area contributed by atoms with Crippen molar-refractivity contribution in [3.05, 3.63) is 0 Å². The van der Waals surface area contributed by atoms with E-state index in [1.807, 2.05) is 0 Å². The molecule has 3 aliphatic rings. The first kappa shape index (κ1) is 21.5. The highest BCUT2D eigenvalue weighted by Crippen LogP contribution is 2.39. The van der Waals surface area contributed by atoms with Gasteiger partial charge in [0, 0.05) is 25.6 Å². The summed E-state index contributed by atoms with van der Waals surface area (Å²) in [6.45, 7) is 12.4. The normalized spacial score (nSPS) is 28.4. The van der Waals surface area contributed by atoms with Gasteiger partial charge in [-0.2, -0.15) is 13.5 Å². The van der Waals surface area contributed by atoms with E-state index >= 15 is 0 Å². The minimum atomic E-state index is -4.79. The molecule has 3 rings (SSSR count). The molecule has 0 spiro atoms. The van der Waals surface area contributed by atoms with Crippen LogP contribution >= 0.6 is 0 Å². The summed E-state index contributed by atoms with van der Waals surface area (Å²) < 4.78 is 41.4. The summed E-state index contributed by atoms with van der Waals surface area (Å²) in [6.07, 6.45) is 0.438. The van der Waals surface area contributed by atoms with Crippen molar-refractivity contribution >= 4 is 30.7 Å². The quantitative estimate of drug-likeness (QED) is 0.490. The zero-order valence-electron chi connectivity index (χ0n) is 16.9. The summed E-state index contributed by atoms with van der Waals surface area (Å²) in [5, 5.41) is 0.760. The van der Waals surface area contributed by atoms with Crippen molar-refractivity contribution in [1.29, 1.82) is 0 Å². The maximum atomic E-state index is 12.9. The van der Waals surface area contributed by atoms with Gasteiger partial charge < -0.3 is 14.2 Å². The lowest BCUT2D eigenvalue weighted by Crippen LogP contribution is -2.48. The molecular weight excluding hydrogens is 406 g/mol. The Hall–Kier alpha value is -1.21. The van der Waals surface area contributed by atoms with Gasteiger partial charge in [-0.1, -0.05) is 20.8 Å². The number of likely N-dealkylation sites (tertiary alicyclic amines) is 1. The number of rotatable bonds is 6. The molecule has 2 bridgehead atoms. The molecule has 0 radical (unpaired) electrons. The Morgan fingerprint density at radius 3 is 2.43 bits per heavy atom. The van der Waals surface area contributed by atoms with E-state index in [1.54, 1.807) is 4.90 Å². The number of amides is 3. The second kappa shape index (κ2) is 6.94. The Balaban J connectivity index is 1.62. The highest BCUT2D eigenvalue weighted by Gasteiger charge is 2.57. The van der Waals surface area contributed by atoms with E-state index in [1.165, 1.54) is 4.90 Å². The first-order chi connectivity index (χ1) is 12.7. The van der Waals surface area contributed by atoms with Gasteiger partial charge in [0.25, 0.3) is 0 Å². The Morgan fingerprint density at radius 1 is 1.21 bits per heavy atom. The molecule has 0 unspecified atom stereocenters. The molecule has 3 amide bonds. The summed E-state index contributed by atoms with van der Waals surface area (Å²) >= 11 is 0. The van der Waals surface area contributed by atoms with Gasteiger partial charge in [0.15, 0.2) is 8.32 Å². The lowest BCUT2D eigenvalue weighted by Gasteiger charge is -2.36. The maximum absolute atomic E-state index is 12.9. The van der Waals surface area contributed by atoms with E-state index in [9.17, 15) is 18.0 Å². The third-order valence-corrected chi connectivity index (χ3v) is 11.2. The number of fused-ring (bicyclic) bond motifs is 4. The van der Waals surface area contributed by atoms with Crippen LogP contribution in [0.15, 0.2) is 0 Å². The highest BCUT2D eigenvalue weighted by molar-refractivity contribution is 7.80. The van der Waals surface area contributed by atoms with E-state index in [0.717, 1.165) is 0 Å². The fraction of sp³-hybridized carbons (Fsp3) is 0.875. The summed E-state index contributed by atoms with van der Waals surface area (Å²) in [5.74, 6) is -0.248. The molecule has 0 aromatic carbocycles. The van der Waals surface area contributed by atoms with Crippen molar-refractivity contribution in [3.8, 4) is 0 Å². The Bertz CT molecular complexity index is 767.